The summed E-state index contributed by atoms with van der Waals surface area (Å²) in [4.78, 5) is 21.7. The van der Waals surface area contributed by atoms with Crippen LogP contribution in [0.1, 0.15) is 22.5 Å². The number of hydrogen-bond donors (Lipinski definition) is 1. The molecule has 1 heterocycles. The van der Waals surface area contributed by atoms with Crippen LogP contribution in [0, 0.1) is 16.3 Å². The Balaban J connectivity index is 1.57. The molecule has 0 atom stereocenters. The number of aryl methyl sites for hydroxylation is 3. The molecule has 0 saturated carbocycles. The third kappa shape index (κ3) is 3.85. The average molecular weight is 473 g/mol. The first-order chi connectivity index (χ1) is 13.0. The van der Waals surface area contributed by atoms with E-state index in [1.54, 1.807) is 12.1 Å². The van der Waals surface area contributed by atoms with Gasteiger partial charge in [0.25, 0.3) is 0 Å². The second kappa shape index (κ2) is 7.34. The standard InChI is InChI=1S/C21H17FIN3O/c1-12-21(26-19(27)10-13-2-6-16(23)7-3-13)25-18-9-4-14-11-15(22)5-8-17(14)20(18)24-12/h2-3,5-8,11H,4,9-10H2,1H3,(H,25,26,27). The molecular formula is C21H17FIN3O. The molecule has 1 aliphatic rings. The molecule has 0 unspecified atom stereocenters. The topological polar surface area (TPSA) is 54.9 Å². The quantitative estimate of drug-likeness (QED) is 0.572. The molecule has 1 N–H and O–H groups in total. The molecule has 4 nitrogen and oxygen atoms in total. The minimum atomic E-state index is -0.235. The van der Waals surface area contributed by atoms with Crippen molar-refractivity contribution in [3.05, 3.63) is 74.4 Å². The summed E-state index contributed by atoms with van der Waals surface area (Å²) in [6, 6.07) is 12.6. The summed E-state index contributed by atoms with van der Waals surface area (Å²) in [5, 5.41) is 2.88. The van der Waals surface area contributed by atoms with Gasteiger partial charge in [-0.15, -0.1) is 0 Å². The largest absolute Gasteiger partial charge is 0.309 e. The first kappa shape index (κ1) is 18.0. The van der Waals surface area contributed by atoms with Gasteiger partial charge in [-0.3, -0.25) is 4.79 Å². The monoisotopic (exact) mass is 473 g/mol. The van der Waals surface area contributed by atoms with E-state index in [0.29, 0.717) is 24.4 Å². The Kier molecular flexibility index (Phi) is 4.90. The number of anilines is 1. The van der Waals surface area contributed by atoms with Gasteiger partial charge in [0, 0.05) is 9.13 Å². The first-order valence-electron chi connectivity index (χ1n) is 8.70. The van der Waals surface area contributed by atoms with Crippen LogP contribution in [-0.2, 0) is 24.1 Å². The Labute approximate surface area is 170 Å². The number of halogens is 2. The van der Waals surface area contributed by atoms with Gasteiger partial charge in [-0.2, -0.15) is 0 Å². The zero-order valence-electron chi connectivity index (χ0n) is 14.7. The highest BCUT2D eigenvalue weighted by molar-refractivity contribution is 14.1. The molecule has 3 aromatic rings. The third-order valence-corrected chi connectivity index (χ3v) is 5.35. The van der Waals surface area contributed by atoms with Crippen molar-refractivity contribution < 1.29 is 9.18 Å². The van der Waals surface area contributed by atoms with E-state index in [1.165, 1.54) is 6.07 Å². The lowest BCUT2D eigenvalue weighted by molar-refractivity contribution is -0.115. The van der Waals surface area contributed by atoms with Crippen LogP contribution in [-0.4, -0.2) is 15.9 Å². The Morgan fingerprint density at radius 1 is 1.15 bits per heavy atom. The number of fused-ring (bicyclic) bond motifs is 3. The van der Waals surface area contributed by atoms with E-state index in [4.69, 9.17) is 0 Å². The van der Waals surface area contributed by atoms with Gasteiger partial charge >= 0.3 is 0 Å². The van der Waals surface area contributed by atoms with Crippen molar-refractivity contribution in [3.8, 4) is 11.3 Å². The normalized spacial score (nSPS) is 12.3. The second-order valence-electron chi connectivity index (χ2n) is 6.61. The molecule has 2 aromatic carbocycles. The number of nitrogens with one attached hydrogen (secondary N) is 1. The molecular weight excluding hydrogens is 456 g/mol. The smallest absolute Gasteiger partial charge is 0.229 e. The fourth-order valence-corrected chi connectivity index (χ4v) is 3.64. The van der Waals surface area contributed by atoms with E-state index in [1.807, 2.05) is 31.2 Å². The molecule has 1 aromatic heterocycles. The van der Waals surface area contributed by atoms with E-state index in [9.17, 15) is 9.18 Å². The second-order valence-corrected chi connectivity index (χ2v) is 7.85. The summed E-state index contributed by atoms with van der Waals surface area (Å²) >= 11 is 2.24. The molecule has 4 rings (SSSR count). The van der Waals surface area contributed by atoms with Crippen molar-refractivity contribution in [1.29, 1.82) is 0 Å². The van der Waals surface area contributed by atoms with Crippen LogP contribution in [0.15, 0.2) is 42.5 Å². The number of aromatic nitrogens is 2. The molecule has 0 aliphatic heterocycles. The van der Waals surface area contributed by atoms with Gasteiger partial charge in [0.05, 0.1) is 23.5 Å². The SMILES string of the molecule is Cc1nc2c(nc1NC(=O)Cc1ccc(I)cc1)CCc1cc(F)ccc1-2. The molecule has 0 bridgehead atoms. The highest BCUT2D eigenvalue weighted by Gasteiger charge is 2.21. The molecule has 0 spiro atoms. The first-order valence-corrected chi connectivity index (χ1v) is 9.78. The van der Waals surface area contributed by atoms with Crippen molar-refractivity contribution in [2.45, 2.75) is 26.2 Å². The van der Waals surface area contributed by atoms with Gasteiger partial charge in [0.15, 0.2) is 5.82 Å². The summed E-state index contributed by atoms with van der Waals surface area (Å²) in [6.45, 7) is 1.82. The van der Waals surface area contributed by atoms with E-state index in [0.717, 1.165) is 31.6 Å². The molecule has 27 heavy (non-hydrogen) atoms. The zero-order valence-corrected chi connectivity index (χ0v) is 16.9. The van der Waals surface area contributed by atoms with Crippen LogP contribution in [0.5, 0.6) is 0 Å². The predicted molar refractivity (Wildman–Crippen MR) is 111 cm³/mol. The maximum Gasteiger partial charge on any atom is 0.229 e. The van der Waals surface area contributed by atoms with Gasteiger partial charge in [-0.1, -0.05) is 12.1 Å². The van der Waals surface area contributed by atoms with Crippen molar-refractivity contribution >= 4 is 34.3 Å². The highest BCUT2D eigenvalue weighted by atomic mass is 127. The van der Waals surface area contributed by atoms with E-state index >= 15 is 0 Å². The molecule has 0 radical (unpaired) electrons. The van der Waals surface area contributed by atoms with E-state index < -0.39 is 0 Å². The van der Waals surface area contributed by atoms with E-state index in [-0.39, 0.29) is 18.1 Å². The number of hydrogen-bond acceptors (Lipinski definition) is 3. The number of carbonyl (C=O) groups is 1. The Morgan fingerprint density at radius 2 is 1.93 bits per heavy atom. The summed E-state index contributed by atoms with van der Waals surface area (Å²) < 4.78 is 14.6. The maximum absolute atomic E-state index is 13.5. The fraction of sp³-hybridized carbons (Fsp3) is 0.190. The fourth-order valence-electron chi connectivity index (χ4n) is 3.28. The lowest BCUT2D eigenvalue weighted by Crippen LogP contribution is -2.19. The number of amides is 1. The van der Waals surface area contributed by atoms with Gasteiger partial charge in [-0.25, -0.2) is 14.4 Å². The number of benzene rings is 2. The molecule has 1 aliphatic carbocycles. The molecule has 0 saturated heterocycles. The highest BCUT2D eigenvalue weighted by Crippen LogP contribution is 2.32. The van der Waals surface area contributed by atoms with E-state index in [2.05, 4.69) is 37.9 Å². The average Bonchev–Trinajstić information content (AvgIpc) is 2.64. The van der Waals surface area contributed by atoms with Crippen molar-refractivity contribution in [2.75, 3.05) is 5.32 Å². The van der Waals surface area contributed by atoms with Gasteiger partial charge in [0.2, 0.25) is 5.91 Å². The summed E-state index contributed by atoms with van der Waals surface area (Å²) in [7, 11) is 0. The summed E-state index contributed by atoms with van der Waals surface area (Å²) in [6.07, 6.45) is 1.68. The molecule has 136 valence electrons. The molecule has 0 fully saturated rings. The van der Waals surface area contributed by atoms with Crippen LogP contribution in [0.25, 0.3) is 11.3 Å². The lowest BCUT2D eigenvalue weighted by atomic mass is 9.91. The van der Waals surface area contributed by atoms with Crippen LogP contribution in [0.4, 0.5) is 10.2 Å². The Morgan fingerprint density at radius 3 is 2.70 bits per heavy atom. The maximum atomic E-state index is 13.5. The minimum absolute atomic E-state index is 0.119. The summed E-state index contributed by atoms with van der Waals surface area (Å²) in [5.41, 5.74) is 5.10. The Hall–Kier alpha value is -2.35. The number of rotatable bonds is 3. The van der Waals surface area contributed by atoms with Crippen LogP contribution < -0.4 is 5.32 Å². The number of carbonyl (C=O) groups excluding carboxylic acids is 1. The van der Waals surface area contributed by atoms with Crippen molar-refractivity contribution in [2.24, 2.45) is 0 Å². The zero-order chi connectivity index (χ0) is 19.0. The van der Waals surface area contributed by atoms with Crippen LogP contribution in [0.2, 0.25) is 0 Å². The third-order valence-electron chi connectivity index (χ3n) is 4.63. The molecule has 1 amide bonds. The molecule has 6 heteroatoms. The van der Waals surface area contributed by atoms with Gasteiger partial charge in [-0.05, 0) is 83.8 Å². The van der Waals surface area contributed by atoms with Crippen LogP contribution in [0.3, 0.4) is 0 Å². The summed E-state index contributed by atoms with van der Waals surface area (Å²) in [5.74, 6) is 0.142. The van der Waals surface area contributed by atoms with Gasteiger partial charge in [0.1, 0.15) is 5.82 Å². The van der Waals surface area contributed by atoms with Crippen LogP contribution >= 0.6 is 22.6 Å². The van der Waals surface area contributed by atoms with Crippen molar-refractivity contribution in [1.82, 2.24) is 9.97 Å². The van der Waals surface area contributed by atoms with Gasteiger partial charge < -0.3 is 5.32 Å². The van der Waals surface area contributed by atoms with Crippen molar-refractivity contribution in [3.63, 3.8) is 0 Å². The Bertz CT molecular complexity index is 1030. The lowest BCUT2D eigenvalue weighted by Gasteiger charge is -2.20. The minimum Gasteiger partial charge on any atom is -0.309 e. The number of nitrogens with zero attached hydrogens (tertiary/aromatic N) is 2. The predicted octanol–water partition coefficient (Wildman–Crippen LogP) is 4.48.